The van der Waals surface area contributed by atoms with E-state index in [0.29, 0.717) is 5.69 Å². The van der Waals surface area contributed by atoms with E-state index in [1.807, 2.05) is 43.3 Å². The van der Waals surface area contributed by atoms with Crippen molar-refractivity contribution in [3.05, 3.63) is 88.3 Å². The molecule has 2 aromatic carbocycles. The minimum Gasteiger partial charge on any atom is -0.494 e. The number of hydrogen-bond acceptors (Lipinski definition) is 4. The average molecular weight is 349 g/mol. The molecule has 1 amide bonds. The molecule has 1 atom stereocenters. The molecule has 0 spiro atoms. The maximum absolute atomic E-state index is 12.7. The third-order valence-corrected chi connectivity index (χ3v) is 3.98. The summed E-state index contributed by atoms with van der Waals surface area (Å²) in [6, 6.07) is 19.6. The summed E-state index contributed by atoms with van der Waals surface area (Å²) in [5.41, 5.74) is 1.22. The zero-order chi connectivity index (χ0) is 18.5. The number of ether oxygens (including phenoxy) is 1. The Hall–Kier alpha value is -3.41. The lowest BCUT2D eigenvalue weighted by Gasteiger charge is -2.16. The molecule has 0 aliphatic heterocycles. The van der Waals surface area contributed by atoms with E-state index in [4.69, 9.17) is 4.74 Å². The predicted octanol–water partition coefficient (Wildman–Crippen LogP) is 2.73. The van der Waals surface area contributed by atoms with E-state index >= 15 is 0 Å². The molecule has 3 rings (SSSR count). The largest absolute Gasteiger partial charge is 0.494 e. The molecule has 0 radical (unpaired) electrons. The van der Waals surface area contributed by atoms with Crippen molar-refractivity contribution in [2.24, 2.45) is 0 Å². The predicted molar refractivity (Wildman–Crippen MR) is 98.7 cm³/mol. The van der Waals surface area contributed by atoms with Gasteiger partial charge in [0.2, 0.25) is 0 Å². The Balaban J connectivity index is 1.95. The van der Waals surface area contributed by atoms with E-state index in [1.54, 1.807) is 24.3 Å². The molecule has 0 saturated carbocycles. The number of methoxy groups -OCH3 is 1. The van der Waals surface area contributed by atoms with Crippen molar-refractivity contribution < 1.29 is 9.53 Å². The van der Waals surface area contributed by atoms with E-state index in [9.17, 15) is 9.59 Å². The normalized spacial score (nSPS) is 11.6. The molecular formula is C20H19N3O3. The zero-order valence-electron chi connectivity index (χ0n) is 14.5. The first-order chi connectivity index (χ1) is 12.6. The Morgan fingerprint density at radius 1 is 1.08 bits per heavy atom. The molecule has 3 aromatic rings. The van der Waals surface area contributed by atoms with Gasteiger partial charge >= 0.3 is 0 Å². The number of hydrogen-bond donors (Lipinski definition) is 1. The van der Waals surface area contributed by atoms with Crippen LogP contribution < -0.4 is 15.6 Å². The highest BCUT2D eigenvalue weighted by Gasteiger charge is 2.20. The highest BCUT2D eigenvalue weighted by Crippen LogP contribution is 2.17. The van der Waals surface area contributed by atoms with Crippen LogP contribution in [0.1, 0.15) is 29.0 Å². The molecule has 0 aliphatic rings. The molecule has 0 bridgehead atoms. The summed E-state index contributed by atoms with van der Waals surface area (Å²) < 4.78 is 6.37. The van der Waals surface area contributed by atoms with Crippen molar-refractivity contribution in [3.8, 4) is 11.4 Å². The molecule has 1 N–H and O–H groups in total. The number of nitrogens with one attached hydrogen (secondary N) is 1. The van der Waals surface area contributed by atoms with E-state index in [2.05, 4.69) is 10.4 Å². The van der Waals surface area contributed by atoms with E-state index < -0.39 is 5.91 Å². The zero-order valence-corrected chi connectivity index (χ0v) is 14.5. The smallest absolute Gasteiger partial charge is 0.276 e. The molecule has 0 saturated heterocycles. The number of rotatable bonds is 5. The van der Waals surface area contributed by atoms with E-state index in [1.165, 1.54) is 17.9 Å². The molecule has 0 aliphatic carbocycles. The number of carbonyl (C=O) groups is 1. The van der Waals surface area contributed by atoms with E-state index in [-0.39, 0.29) is 23.0 Å². The third kappa shape index (κ3) is 3.64. The van der Waals surface area contributed by atoms with Crippen LogP contribution in [0.5, 0.6) is 5.75 Å². The Labute approximate surface area is 151 Å². The number of aromatic nitrogens is 2. The van der Waals surface area contributed by atoms with Gasteiger partial charge in [-0.15, -0.1) is 0 Å². The third-order valence-electron chi connectivity index (χ3n) is 3.98. The van der Waals surface area contributed by atoms with Crippen molar-refractivity contribution in [1.29, 1.82) is 0 Å². The summed E-state index contributed by atoms with van der Waals surface area (Å²) >= 11 is 0. The van der Waals surface area contributed by atoms with Gasteiger partial charge in [-0.05, 0) is 24.6 Å². The van der Waals surface area contributed by atoms with Gasteiger partial charge in [-0.25, -0.2) is 0 Å². The van der Waals surface area contributed by atoms with Crippen LogP contribution in [0.15, 0.2) is 71.5 Å². The van der Waals surface area contributed by atoms with Crippen molar-refractivity contribution in [2.75, 3.05) is 7.11 Å². The topological polar surface area (TPSA) is 73.2 Å². The molecule has 26 heavy (non-hydrogen) atoms. The fraction of sp³-hybridized carbons (Fsp3) is 0.150. The molecule has 0 unspecified atom stereocenters. The molecular weight excluding hydrogens is 330 g/mol. The summed E-state index contributed by atoms with van der Waals surface area (Å²) in [5.74, 6) is -0.275. The second-order valence-electron chi connectivity index (χ2n) is 5.75. The standard InChI is InChI=1S/C20H19N3O3/c1-14(15-9-5-3-6-10-15)21-20(25)19-17(26-2)13-18(24)23(22-19)16-11-7-4-8-12-16/h3-14H,1-2H3,(H,21,25)/t14-/m0/s1. The average Bonchev–Trinajstić information content (AvgIpc) is 2.68. The lowest BCUT2D eigenvalue weighted by molar-refractivity contribution is 0.0929. The minimum atomic E-state index is -0.414. The summed E-state index contributed by atoms with van der Waals surface area (Å²) in [6.07, 6.45) is 0. The van der Waals surface area contributed by atoms with Gasteiger partial charge in [0.05, 0.1) is 24.9 Å². The van der Waals surface area contributed by atoms with Gasteiger partial charge in [-0.2, -0.15) is 9.78 Å². The highest BCUT2D eigenvalue weighted by atomic mass is 16.5. The Morgan fingerprint density at radius 2 is 1.69 bits per heavy atom. The van der Waals surface area contributed by atoms with Crippen molar-refractivity contribution in [2.45, 2.75) is 13.0 Å². The Morgan fingerprint density at radius 3 is 2.31 bits per heavy atom. The van der Waals surface area contributed by atoms with Gasteiger partial charge in [0.1, 0.15) is 0 Å². The Bertz CT molecular complexity index is 953. The number of para-hydroxylation sites is 1. The summed E-state index contributed by atoms with van der Waals surface area (Å²) in [6.45, 7) is 1.88. The minimum absolute atomic E-state index is 0.0544. The van der Waals surface area contributed by atoms with Crippen LogP contribution in [0.25, 0.3) is 5.69 Å². The second kappa shape index (κ2) is 7.65. The quantitative estimate of drug-likeness (QED) is 0.769. The van der Waals surface area contributed by atoms with Crippen LogP contribution in [-0.2, 0) is 0 Å². The van der Waals surface area contributed by atoms with Crippen LogP contribution in [0.2, 0.25) is 0 Å². The van der Waals surface area contributed by atoms with Gasteiger partial charge in [-0.3, -0.25) is 9.59 Å². The van der Waals surface area contributed by atoms with Gasteiger partial charge in [0, 0.05) is 0 Å². The van der Waals surface area contributed by atoms with Crippen LogP contribution in [0, 0.1) is 0 Å². The van der Waals surface area contributed by atoms with Crippen LogP contribution in [-0.4, -0.2) is 22.8 Å². The lowest BCUT2D eigenvalue weighted by atomic mass is 10.1. The van der Waals surface area contributed by atoms with Crippen molar-refractivity contribution >= 4 is 5.91 Å². The molecule has 132 valence electrons. The molecule has 6 nitrogen and oxygen atoms in total. The van der Waals surface area contributed by atoms with Crippen LogP contribution >= 0.6 is 0 Å². The molecule has 1 heterocycles. The van der Waals surface area contributed by atoms with Gasteiger partial charge in [0.15, 0.2) is 11.4 Å². The lowest BCUT2D eigenvalue weighted by Crippen LogP contribution is -2.31. The fourth-order valence-corrected chi connectivity index (χ4v) is 2.60. The maximum atomic E-state index is 12.7. The SMILES string of the molecule is COc1cc(=O)n(-c2ccccc2)nc1C(=O)N[C@@H](C)c1ccccc1. The monoisotopic (exact) mass is 349 g/mol. The van der Waals surface area contributed by atoms with Gasteiger partial charge in [0.25, 0.3) is 11.5 Å². The maximum Gasteiger partial charge on any atom is 0.276 e. The van der Waals surface area contributed by atoms with Gasteiger partial charge < -0.3 is 10.1 Å². The van der Waals surface area contributed by atoms with Crippen molar-refractivity contribution in [3.63, 3.8) is 0 Å². The number of carbonyl (C=O) groups excluding carboxylic acids is 1. The summed E-state index contributed by atoms with van der Waals surface area (Å²) in [7, 11) is 1.40. The summed E-state index contributed by atoms with van der Waals surface area (Å²) in [4.78, 5) is 25.0. The fourth-order valence-electron chi connectivity index (χ4n) is 2.60. The Kier molecular flexibility index (Phi) is 5.12. The van der Waals surface area contributed by atoms with Gasteiger partial charge in [-0.1, -0.05) is 48.5 Å². The highest BCUT2D eigenvalue weighted by molar-refractivity contribution is 5.95. The van der Waals surface area contributed by atoms with Crippen molar-refractivity contribution in [1.82, 2.24) is 15.1 Å². The van der Waals surface area contributed by atoms with Crippen LogP contribution in [0.3, 0.4) is 0 Å². The first-order valence-electron chi connectivity index (χ1n) is 8.19. The van der Waals surface area contributed by atoms with Crippen LogP contribution in [0.4, 0.5) is 0 Å². The number of nitrogens with zero attached hydrogens (tertiary/aromatic N) is 2. The molecule has 1 aromatic heterocycles. The molecule has 0 fully saturated rings. The number of amides is 1. The summed E-state index contributed by atoms with van der Waals surface area (Å²) in [5, 5.41) is 7.12. The first-order valence-corrected chi connectivity index (χ1v) is 8.19. The molecule has 6 heteroatoms. The van der Waals surface area contributed by atoms with E-state index in [0.717, 1.165) is 5.56 Å². The number of benzene rings is 2. The first kappa shape index (κ1) is 17.4. The second-order valence-corrected chi connectivity index (χ2v) is 5.75.